The van der Waals surface area contributed by atoms with Gasteiger partial charge in [-0.1, -0.05) is 6.92 Å². The van der Waals surface area contributed by atoms with E-state index in [1.54, 1.807) is 13.8 Å². The maximum absolute atomic E-state index is 12.7. The minimum atomic E-state index is -2.10. The van der Waals surface area contributed by atoms with Crippen LogP contribution in [-0.4, -0.2) is 82.4 Å². The summed E-state index contributed by atoms with van der Waals surface area (Å²) in [6.07, 6.45) is -2.67. The van der Waals surface area contributed by atoms with Crippen LogP contribution < -0.4 is 0 Å². The van der Waals surface area contributed by atoms with E-state index in [1.165, 1.54) is 33.8 Å². The number of rotatable bonds is 4. The standard InChI is InChI=1S/C26H36O11/c1-12-23(31)36-20-9-16(11-33-13(2)27)7-8-17(34-14(3)28)24(5)18(35-15(4)29)10-19-25(6,37-19)21(24)22(30)26(12,20)32/h9,12,17-22,30,32H,7-8,10-11H2,1-6H3. The third-order valence-corrected chi connectivity index (χ3v) is 8.81. The van der Waals surface area contributed by atoms with E-state index >= 15 is 0 Å². The molecule has 11 nitrogen and oxygen atoms in total. The molecule has 10 atom stereocenters. The molecule has 2 N–H and O–H groups in total. The molecule has 0 aromatic rings. The van der Waals surface area contributed by atoms with E-state index in [4.69, 9.17) is 23.7 Å². The fourth-order valence-corrected chi connectivity index (χ4v) is 6.77. The highest BCUT2D eigenvalue weighted by molar-refractivity contribution is 5.77. The zero-order valence-corrected chi connectivity index (χ0v) is 22.0. The summed E-state index contributed by atoms with van der Waals surface area (Å²) in [6, 6.07) is 0. The van der Waals surface area contributed by atoms with Crippen LogP contribution in [0.5, 0.6) is 0 Å². The van der Waals surface area contributed by atoms with Crippen molar-refractivity contribution in [2.24, 2.45) is 17.3 Å². The van der Waals surface area contributed by atoms with Crippen LogP contribution >= 0.6 is 0 Å². The van der Waals surface area contributed by atoms with Crippen molar-refractivity contribution in [2.45, 2.75) is 103 Å². The quantitative estimate of drug-likeness (QED) is 0.234. The van der Waals surface area contributed by atoms with Crippen molar-refractivity contribution in [3.63, 3.8) is 0 Å². The van der Waals surface area contributed by atoms with Crippen LogP contribution in [0, 0.1) is 17.3 Å². The Hall–Kier alpha value is -2.50. The third-order valence-electron chi connectivity index (χ3n) is 8.81. The number of aliphatic hydroxyl groups is 2. The summed E-state index contributed by atoms with van der Waals surface area (Å²) in [6.45, 7) is 8.66. The zero-order chi connectivity index (χ0) is 27.5. The average molecular weight is 525 g/mol. The Kier molecular flexibility index (Phi) is 6.96. The Balaban J connectivity index is 1.91. The maximum atomic E-state index is 12.7. The van der Waals surface area contributed by atoms with Crippen molar-refractivity contribution in [3.8, 4) is 0 Å². The normalized spacial score (nSPS) is 44.7. The second-order valence-corrected chi connectivity index (χ2v) is 11.1. The van der Waals surface area contributed by atoms with Crippen LogP contribution in [0.1, 0.15) is 60.8 Å². The van der Waals surface area contributed by atoms with Gasteiger partial charge in [-0.3, -0.25) is 19.2 Å². The molecule has 1 saturated carbocycles. The Labute approximate surface area is 215 Å². The lowest BCUT2D eigenvalue weighted by Gasteiger charge is -2.55. The number of esters is 4. The first-order valence-corrected chi connectivity index (χ1v) is 12.6. The van der Waals surface area contributed by atoms with Crippen molar-refractivity contribution >= 4 is 23.9 Å². The molecular formula is C26H36O11. The van der Waals surface area contributed by atoms with Gasteiger partial charge in [0.1, 0.15) is 24.4 Å². The molecule has 2 heterocycles. The molecule has 0 bridgehead atoms. The summed E-state index contributed by atoms with van der Waals surface area (Å²) >= 11 is 0. The average Bonchev–Trinajstić information content (AvgIpc) is 3.40. The lowest BCUT2D eigenvalue weighted by molar-refractivity contribution is -0.224. The monoisotopic (exact) mass is 524 g/mol. The molecule has 0 amide bonds. The molecule has 0 radical (unpaired) electrons. The Morgan fingerprint density at radius 2 is 1.70 bits per heavy atom. The largest absolute Gasteiger partial charge is 0.462 e. The SMILES string of the molecule is CC(=O)OCC1=CC2OC(=O)C(C)C2(O)C(O)C2C3(C)OC3CC(OC(C)=O)C2(C)C(OC(C)=O)CC1. The van der Waals surface area contributed by atoms with Gasteiger partial charge in [0.15, 0.2) is 6.10 Å². The molecule has 11 heteroatoms. The highest BCUT2D eigenvalue weighted by Gasteiger charge is 2.76. The number of aliphatic hydroxyl groups excluding tert-OH is 1. The first-order valence-electron chi connectivity index (χ1n) is 12.6. The molecule has 2 aliphatic carbocycles. The topological polar surface area (TPSA) is 158 Å². The molecule has 206 valence electrons. The Morgan fingerprint density at radius 1 is 1.08 bits per heavy atom. The van der Waals surface area contributed by atoms with Crippen LogP contribution in [0.4, 0.5) is 0 Å². The first-order chi connectivity index (χ1) is 17.1. The Morgan fingerprint density at radius 3 is 2.30 bits per heavy atom. The zero-order valence-electron chi connectivity index (χ0n) is 22.0. The molecule has 3 fully saturated rings. The fraction of sp³-hybridized carbons (Fsp3) is 0.769. The molecule has 4 rings (SSSR count). The van der Waals surface area contributed by atoms with Gasteiger partial charge in [-0.05, 0) is 38.3 Å². The Bertz CT molecular complexity index is 1020. The summed E-state index contributed by atoms with van der Waals surface area (Å²) in [5, 5.41) is 24.1. The van der Waals surface area contributed by atoms with Crippen LogP contribution in [0.2, 0.25) is 0 Å². The highest BCUT2D eigenvalue weighted by Crippen LogP contribution is 2.64. The summed E-state index contributed by atoms with van der Waals surface area (Å²) in [4.78, 5) is 48.7. The molecule has 10 unspecified atom stereocenters. The van der Waals surface area contributed by atoms with Crippen molar-refractivity contribution in [1.29, 1.82) is 0 Å². The molecule has 37 heavy (non-hydrogen) atoms. The smallest absolute Gasteiger partial charge is 0.312 e. The number of hydrogen-bond acceptors (Lipinski definition) is 11. The third kappa shape index (κ3) is 4.44. The molecule has 0 spiro atoms. The van der Waals surface area contributed by atoms with Crippen LogP contribution in [0.25, 0.3) is 0 Å². The lowest BCUT2D eigenvalue weighted by Crippen LogP contribution is -2.68. The van der Waals surface area contributed by atoms with E-state index in [0.717, 1.165) is 0 Å². The van der Waals surface area contributed by atoms with Crippen molar-refractivity contribution in [3.05, 3.63) is 11.6 Å². The number of carbonyl (C=O) groups excluding carboxylic acids is 4. The number of epoxide rings is 1. The van der Waals surface area contributed by atoms with Crippen molar-refractivity contribution < 1.29 is 53.1 Å². The summed E-state index contributed by atoms with van der Waals surface area (Å²) < 4.78 is 28.3. The van der Waals surface area contributed by atoms with E-state index in [1.807, 2.05) is 0 Å². The summed E-state index contributed by atoms with van der Waals surface area (Å²) in [5.41, 5.74) is -3.76. The minimum absolute atomic E-state index is 0.146. The van der Waals surface area contributed by atoms with E-state index in [9.17, 15) is 29.4 Å². The predicted octanol–water partition coefficient (Wildman–Crippen LogP) is 0.970. The van der Waals surface area contributed by atoms with Gasteiger partial charge >= 0.3 is 23.9 Å². The lowest BCUT2D eigenvalue weighted by atomic mass is 9.53. The summed E-state index contributed by atoms with van der Waals surface area (Å²) in [5.74, 6) is -4.39. The first kappa shape index (κ1) is 27.5. The van der Waals surface area contributed by atoms with E-state index in [-0.39, 0.29) is 25.6 Å². The number of carbonyl (C=O) groups is 4. The molecule has 2 saturated heterocycles. The number of fused-ring (bicyclic) bond motifs is 4. The molecular weight excluding hydrogens is 488 g/mol. The van der Waals surface area contributed by atoms with Gasteiger partial charge in [0.05, 0.1) is 23.7 Å². The predicted molar refractivity (Wildman–Crippen MR) is 125 cm³/mol. The van der Waals surface area contributed by atoms with Crippen molar-refractivity contribution in [1.82, 2.24) is 0 Å². The molecule has 4 aliphatic rings. The van der Waals surface area contributed by atoms with Gasteiger partial charge in [0, 0.05) is 38.5 Å². The van der Waals surface area contributed by atoms with Crippen LogP contribution in [0.3, 0.4) is 0 Å². The second kappa shape index (κ2) is 9.36. The highest BCUT2D eigenvalue weighted by atomic mass is 16.6. The van der Waals surface area contributed by atoms with E-state index in [2.05, 4.69) is 0 Å². The van der Waals surface area contributed by atoms with Gasteiger partial charge < -0.3 is 33.9 Å². The maximum Gasteiger partial charge on any atom is 0.312 e. The van der Waals surface area contributed by atoms with Crippen LogP contribution in [0.15, 0.2) is 11.6 Å². The second-order valence-electron chi connectivity index (χ2n) is 11.1. The van der Waals surface area contributed by atoms with Gasteiger partial charge in [-0.25, -0.2) is 0 Å². The van der Waals surface area contributed by atoms with Gasteiger partial charge in [0.2, 0.25) is 0 Å². The minimum Gasteiger partial charge on any atom is -0.462 e. The number of hydrogen-bond donors (Lipinski definition) is 2. The van der Waals surface area contributed by atoms with E-state index < -0.39 is 76.7 Å². The molecule has 0 aromatic carbocycles. The van der Waals surface area contributed by atoms with Gasteiger partial charge in [0.25, 0.3) is 0 Å². The molecule has 0 aromatic heterocycles. The van der Waals surface area contributed by atoms with Gasteiger partial charge in [-0.2, -0.15) is 0 Å². The summed E-state index contributed by atoms with van der Waals surface area (Å²) in [7, 11) is 0. The van der Waals surface area contributed by atoms with E-state index in [0.29, 0.717) is 12.0 Å². The fourth-order valence-electron chi connectivity index (χ4n) is 6.77. The van der Waals surface area contributed by atoms with Gasteiger partial charge in [-0.15, -0.1) is 0 Å². The molecule has 2 aliphatic heterocycles. The van der Waals surface area contributed by atoms with Crippen LogP contribution in [-0.2, 0) is 42.9 Å². The number of ether oxygens (including phenoxy) is 5. The van der Waals surface area contributed by atoms with Crippen molar-refractivity contribution in [2.75, 3.05) is 6.61 Å².